The molecule has 0 aliphatic carbocycles. The van der Waals surface area contributed by atoms with Gasteiger partial charge in [0, 0.05) is 6.42 Å². The van der Waals surface area contributed by atoms with Gasteiger partial charge in [-0.05, 0) is 20.3 Å². The number of rotatable bonds is 6. The molecule has 104 valence electrons. The van der Waals surface area contributed by atoms with Crippen LogP contribution in [0.3, 0.4) is 0 Å². The van der Waals surface area contributed by atoms with Gasteiger partial charge in [-0.2, -0.15) is 0 Å². The molecule has 0 aromatic rings. The normalized spacial score (nSPS) is 26.6. The first kappa shape index (κ1) is 15.1. The minimum absolute atomic E-state index is 0.168. The summed E-state index contributed by atoms with van der Waals surface area (Å²) in [5.41, 5.74) is 0. The molecule has 0 bridgehead atoms. The zero-order chi connectivity index (χ0) is 13.6. The van der Waals surface area contributed by atoms with Crippen LogP contribution in [-0.2, 0) is 23.8 Å². The van der Waals surface area contributed by atoms with E-state index < -0.39 is 11.9 Å². The molecule has 0 N–H and O–H groups in total. The maximum Gasteiger partial charge on any atom is 0.308 e. The molecule has 5 nitrogen and oxygen atoms in total. The number of carbonyl (C=O) groups excluding carboxylic acids is 2. The zero-order valence-corrected chi connectivity index (χ0v) is 11.3. The van der Waals surface area contributed by atoms with Crippen LogP contribution in [0, 0.1) is 0 Å². The molecule has 2 atom stereocenters. The third-order valence-corrected chi connectivity index (χ3v) is 2.69. The summed E-state index contributed by atoms with van der Waals surface area (Å²) in [6.07, 6.45) is 2.33. The zero-order valence-electron chi connectivity index (χ0n) is 11.3. The number of ether oxygens (including phenoxy) is 3. The van der Waals surface area contributed by atoms with Crippen molar-refractivity contribution < 1.29 is 23.8 Å². The van der Waals surface area contributed by atoms with Crippen LogP contribution in [0.2, 0.25) is 0 Å². The molecular weight excluding hydrogens is 236 g/mol. The maximum atomic E-state index is 11.6. The fourth-order valence-electron chi connectivity index (χ4n) is 1.93. The molecule has 1 saturated heterocycles. The smallest absolute Gasteiger partial charge is 0.308 e. The van der Waals surface area contributed by atoms with Crippen molar-refractivity contribution in [1.82, 2.24) is 0 Å². The summed E-state index contributed by atoms with van der Waals surface area (Å²) in [5, 5.41) is 0. The number of aldehydes is 1. The minimum Gasteiger partial charge on any atom is -0.466 e. The highest BCUT2D eigenvalue weighted by Gasteiger charge is 2.36. The van der Waals surface area contributed by atoms with E-state index in [0.29, 0.717) is 13.0 Å². The fourth-order valence-corrected chi connectivity index (χ4v) is 1.93. The topological polar surface area (TPSA) is 61.8 Å². The first-order valence-corrected chi connectivity index (χ1v) is 6.43. The Kier molecular flexibility index (Phi) is 5.75. The van der Waals surface area contributed by atoms with Crippen molar-refractivity contribution in [2.24, 2.45) is 0 Å². The summed E-state index contributed by atoms with van der Waals surface area (Å²) in [5.74, 6) is -1.12. The Hall–Kier alpha value is -0.940. The molecule has 1 rings (SSSR count). The van der Waals surface area contributed by atoms with Gasteiger partial charge in [0.15, 0.2) is 5.79 Å². The largest absolute Gasteiger partial charge is 0.466 e. The van der Waals surface area contributed by atoms with Crippen molar-refractivity contribution in [3.63, 3.8) is 0 Å². The number of unbranched alkanes of at least 4 members (excludes halogenated alkanes) is 1. The molecule has 1 fully saturated rings. The summed E-state index contributed by atoms with van der Waals surface area (Å²) < 4.78 is 16.1. The van der Waals surface area contributed by atoms with Crippen LogP contribution in [0.15, 0.2) is 0 Å². The lowest BCUT2D eigenvalue weighted by Gasteiger charge is -2.38. The van der Waals surface area contributed by atoms with Crippen LogP contribution in [0.5, 0.6) is 0 Å². The van der Waals surface area contributed by atoms with Gasteiger partial charge in [0.05, 0.1) is 19.1 Å². The van der Waals surface area contributed by atoms with E-state index in [0.717, 1.165) is 19.1 Å². The van der Waals surface area contributed by atoms with E-state index in [1.54, 1.807) is 13.8 Å². The molecule has 5 heteroatoms. The van der Waals surface area contributed by atoms with Crippen molar-refractivity contribution in [3.8, 4) is 0 Å². The lowest BCUT2D eigenvalue weighted by Crippen LogP contribution is -2.45. The van der Waals surface area contributed by atoms with Crippen molar-refractivity contribution in [1.29, 1.82) is 0 Å². The fraction of sp³-hybridized carbons (Fsp3) is 0.846. The van der Waals surface area contributed by atoms with E-state index in [9.17, 15) is 9.59 Å². The number of hydrogen-bond acceptors (Lipinski definition) is 5. The molecule has 0 aromatic carbocycles. The molecule has 2 unspecified atom stereocenters. The van der Waals surface area contributed by atoms with Crippen LogP contribution >= 0.6 is 0 Å². The van der Waals surface area contributed by atoms with Crippen molar-refractivity contribution in [2.45, 2.75) is 64.4 Å². The molecule has 0 aromatic heterocycles. The monoisotopic (exact) mass is 258 g/mol. The van der Waals surface area contributed by atoms with E-state index in [1.165, 1.54) is 0 Å². The van der Waals surface area contributed by atoms with Crippen molar-refractivity contribution in [3.05, 3.63) is 0 Å². The van der Waals surface area contributed by atoms with E-state index in [4.69, 9.17) is 14.2 Å². The maximum absolute atomic E-state index is 11.6. The first-order chi connectivity index (χ1) is 8.46. The standard InChI is InChI=1S/C13H22O5/c1-4-5-6-16-12(15)8-10-7-11(9-14)18-13(2,3)17-10/h9-11H,4-8H2,1-3H3. The molecule has 0 amide bonds. The van der Waals surface area contributed by atoms with Gasteiger partial charge < -0.3 is 19.0 Å². The summed E-state index contributed by atoms with van der Waals surface area (Å²) in [6.45, 7) is 5.95. The molecule has 0 saturated carbocycles. The predicted octanol–water partition coefficient (Wildman–Crippen LogP) is 1.83. The van der Waals surface area contributed by atoms with Gasteiger partial charge in [-0.3, -0.25) is 4.79 Å². The van der Waals surface area contributed by atoms with Gasteiger partial charge >= 0.3 is 5.97 Å². The lowest BCUT2D eigenvalue weighted by molar-refractivity contribution is -0.291. The van der Waals surface area contributed by atoms with Crippen LogP contribution in [0.25, 0.3) is 0 Å². The molecule has 0 spiro atoms. The third-order valence-electron chi connectivity index (χ3n) is 2.69. The highest BCUT2D eigenvalue weighted by molar-refractivity contribution is 5.70. The SMILES string of the molecule is CCCCOC(=O)CC1CC(C=O)OC(C)(C)O1. The Morgan fingerprint density at radius 3 is 2.78 bits per heavy atom. The van der Waals surface area contributed by atoms with Crippen molar-refractivity contribution in [2.75, 3.05) is 6.61 Å². The van der Waals surface area contributed by atoms with Crippen molar-refractivity contribution >= 4 is 12.3 Å². The highest BCUT2D eigenvalue weighted by Crippen LogP contribution is 2.27. The van der Waals surface area contributed by atoms with Crippen LogP contribution < -0.4 is 0 Å². The molecule has 1 heterocycles. The summed E-state index contributed by atoms with van der Waals surface area (Å²) in [7, 11) is 0. The Balaban J connectivity index is 2.40. The van der Waals surface area contributed by atoms with E-state index in [2.05, 4.69) is 0 Å². The van der Waals surface area contributed by atoms with Gasteiger partial charge in [0.2, 0.25) is 0 Å². The van der Waals surface area contributed by atoms with E-state index >= 15 is 0 Å². The third kappa shape index (κ3) is 5.14. The van der Waals surface area contributed by atoms with Gasteiger partial charge in [-0.15, -0.1) is 0 Å². The first-order valence-electron chi connectivity index (χ1n) is 6.43. The summed E-state index contributed by atoms with van der Waals surface area (Å²) >= 11 is 0. The van der Waals surface area contributed by atoms with Crippen LogP contribution in [-0.4, -0.2) is 36.9 Å². The summed E-state index contributed by atoms with van der Waals surface area (Å²) in [4.78, 5) is 22.4. The number of hydrogen-bond donors (Lipinski definition) is 0. The van der Waals surface area contributed by atoms with Crippen LogP contribution in [0.4, 0.5) is 0 Å². The second kappa shape index (κ2) is 6.85. The number of esters is 1. The van der Waals surface area contributed by atoms with Gasteiger partial charge in [0.25, 0.3) is 0 Å². The Bertz CT molecular complexity index is 287. The van der Waals surface area contributed by atoms with Gasteiger partial charge in [-0.25, -0.2) is 0 Å². The highest BCUT2D eigenvalue weighted by atomic mass is 16.7. The molecular formula is C13H22O5. The second-order valence-electron chi connectivity index (χ2n) is 4.95. The van der Waals surface area contributed by atoms with E-state index in [1.807, 2.05) is 6.92 Å². The molecule has 18 heavy (non-hydrogen) atoms. The quantitative estimate of drug-likeness (QED) is 0.413. The number of carbonyl (C=O) groups is 2. The molecule has 1 aliphatic rings. The average Bonchev–Trinajstić information content (AvgIpc) is 2.27. The molecule has 1 aliphatic heterocycles. The Morgan fingerprint density at radius 2 is 2.17 bits per heavy atom. The molecule has 0 radical (unpaired) electrons. The average molecular weight is 258 g/mol. The second-order valence-corrected chi connectivity index (χ2v) is 4.95. The minimum atomic E-state index is -0.835. The van der Waals surface area contributed by atoms with Gasteiger partial charge in [-0.1, -0.05) is 13.3 Å². The van der Waals surface area contributed by atoms with E-state index in [-0.39, 0.29) is 18.5 Å². The Labute approximate surface area is 108 Å². The lowest BCUT2D eigenvalue weighted by atomic mass is 10.1. The van der Waals surface area contributed by atoms with Crippen LogP contribution in [0.1, 0.15) is 46.5 Å². The van der Waals surface area contributed by atoms with Gasteiger partial charge in [0.1, 0.15) is 12.4 Å². The predicted molar refractivity (Wildman–Crippen MR) is 65.0 cm³/mol. The Morgan fingerprint density at radius 1 is 1.44 bits per heavy atom. The summed E-state index contributed by atoms with van der Waals surface area (Å²) in [6, 6.07) is 0.